The maximum atomic E-state index is 13.2. The van der Waals surface area contributed by atoms with Gasteiger partial charge in [0.15, 0.2) is 0 Å². The molecule has 0 aliphatic carbocycles. The molecule has 2 aromatic carbocycles. The fourth-order valence-electron chi connectivity index (χ4n) is 3.27. The molecule has 0 radical (unpaired) electrons. The van der Waals surface area contributed by atoms with Crippen molar-refractivity contribution in [2.24, 2.45) is 5.41 Å². The second kappa shape index (κ2) is 6.50. The van der Waals surface area contributed by atoms with Gasteiger partial charge in [-0.3, -0.25) is 0 Å². The van der Waals surface area contributed by atoms with Crippen molar-refractivity contribution >= 4 is 33.8 Å². The molecule has 138 valence electrons. The van der Waals surface area contributed by atoms with E-state index in [1.165, 1.54) is 18.1 Å². The summed E-state index contributed by atoms with van der Waals surface area (Å²) in [6, 6.07) is 17.8. The van der Waals surface area contributed by atoms with Crippen LogP contribution in [0.1, 0.15) is 19.4 Å². The van der Waals surface area contributed by atoms with Crippen LogP contribution in [0.4, 0.5) is 13.2 Å². The van der Waals surface area contributed by atoms with Crippen molar-refractivity contribution < 1.29 is 13.2 Å². The summed E-state index contributed by atoms with van der Waals surface area (Å²) in [6.45, 7) is 2.52. The third kappa shape index (κ3) is 3.30. The Kier molecular flexibility index (Phi) is 4.40. The summed E-state index contributed by atoms with van der Waals surface area (Å²) in [6.07, 6.45) is -2.42. The van der Waals surface area contributed by atoms with E-state index in [0.29, 0.717) is 0 Å². The second-order valence-electron chi connectivity index (χ2n) is 7.39. The monoisotopic (exact) mass is 433 g/mol. The van der Waals surface area contributed by atoms with Gasteiger partial charge < -0.3 is 0 Å². The molecule has 0 bridgehead atoms. The number of rotatable bonds is 3. The number of benzene rings is 2. The third-order valence-corrected chi connectivity index (χ3v) is 7.38. The Morgan fingerprint density at radius 3 is 2.37 bits per heavy atom. The average Bonchev–Trinajstić information content (AvgIpc) is 2.99. The van der Waals surface area contributed by atoms with Gasteiger partial charge in [-0.1, -0.05) is 0 Å². The minimum absolute atomic E-state index is 0.0139. The summed E-state index contributed by atoms with van der Waals surface area (Å²) < 4.78 is 42.1. The molecule has 5 heteroatoms. The average molecular weight is 432 g/mol. The van der Waals surface area contributed by atoms with E-state index in [0.717, 1.165) is 31.9 Å². The Bertz CT molecular complexity index is 1110. The number of aromatic nitrogens is 1. The van der Waals surface area contributed by atoms with Gasteiger partial charge in [-0.2, -0.15) is 0 Å². The number of hydrogen-bond acceptors (Lipinski definition) is 1. The van der Waals surface area contributed by atoms with E-state index in [-0.39, 0.29) is 20.9 Å². The molecule has 4 aromatic rings. The Morgan fingerprint density at radius 2 is 1.67 bits per heavy atom. The quantitative estimate of drug-likeness (QED) is 0.349. The first kappa shape index (κ1) is 18.3. The first-order valence-corrected chi connectivity index (χ1v) is 10.4. The molecular formula is C22H18F3NSe. The third-order valence-electron chi connectivity index (χ3n) is 4.91. The Morgan fingerprint density at radius 1 is 0.926 bits per heavy atom. The molecule has 0 saturated heterocycles. The van der Waals surface area contributed by atoms with Gasteiger partial charge in [0.2, 0.25) is 0 Å². The van der Waals surface area contributed by atoms with Gasteiger partial charge in [0.1, 0.15) is 0 Å². The minimum atomic E-state index is -4.22. The number of fused-ring (bicyclic) bond motifs is 3. The molecule has 1 nitrogen and oxygen atoms in total. The zero-order valence-electron chi connectivity index (χ0n) is 15.0. The summed E-state index contributed by atoms with van der Waals surface area (Å²) in [7, 11) is 0. The molecule has 0 fully saturated rings. The standard InChI is InChI=1S/C22H18F3NSe/c1-21(2,22(23,24)25)13-14-8-9-16-17-10-11-26-19(15-6-4-3-5-7-15)20(17)27-18(16)12-14/h3-12H,13H2,1-2H3. The van der Waals surface area contributed by atoms with E-state index >= 15 is 0 Å². The molecule has 0 saturated carbocycles. The number of halogens is 3. The van der Waals surface area contributed by atoms with Crippen molar-refractivity contribution in [2.75, 3.05) is 0 Å². The molecule has 0 aliphatic rings. The Balaban J connectivity index is 1.83. The van der Waals surface area contributed by atoms with E-state index in [9.17, 15) is 13.2 Å². The van der Waals surface area contributed by atoms with Crippen molar-refractivity contribution in [1.29, 1.82) is 0 Å². The van der Waals surface area contributed by atoms with Crippen LogP contribution in [-0.4, -0.2) is 25.7 Å². The molecule has 0 N–H and O–H groups in total. The predicted octanol–water partition coefficient (Wildman–Crippen LogP) is 6.24. The Labute approximate surface area is 161 Å². The molecule has 2 aromatic heterocycles. The topological polar surface area (TPSA) is 12.9 Å². The molecule has 0 spiro atoms. The summed E-state index contributed by atoms with van der Waals surface area (Å²) in [5.41, 5.74) is 1.04. The first-order chi connectivity index (χ1) is 12.8. The fraction of sp³-hybridized carbons (Fsp3) is 0.227. The van der Waals surface area contributed by atoms with Crippen molar-refractivity contribution in [3.05, 3.63) is 66.4 Å². The number of alkyl halides is 3. The first-order valence-electron chi connectivity index (χ1n) is 8.68. The summed E-state index contributed by atoms with van der Waals surface area (Å²) in [5, 5.41) is 2.28. The van der Waals surface area contributed by atoms with Crippen molar-refractivity contribution in [1.82, 2.24) is 4.98 Å². The summed E-state index contributed by atoms with van der Waals surface area (Å²) in [5.74, 6) is 0. The SMILES string of the molecule is CC(C)(Cc1ccc2c(c1)[se]c1c(-c3ccccc3)nccc12)C(F)(F)F. The number of hydrogen-bond donors (Lipinski definition) is 0. The molecule has 27 heavy (non-hydrogen) atoms. The summed E-state index contributed by atoms with van der Waals surface area (Å²) >= 11 is 0.0302. The number of pyridine rings is 1. The van der Waals surface area contributed by atoms with Gasteiger partial charge in [0.25, 0.3) is 0 Å². The molecule has 4 rings (SSSR count). The van der Waals surface area contributed by atoms with Crippen molar-refractivity contribution in [3.8, 4) is 11.3 Å². The van der Waals surface area contributed by atoms with Gasteiger partial charge in [-0.05, 0) is 0 Å². The Hall–Kier alpha value is -2.10. The van der Waals surface area contributed by atoms with Gasteiger partial charge in [-0.25, -0.2) is 0 Å². The van der Waals surface area contributed by atoms with Crippen LogP contribution >= 0.6 is 0 Å². The second-order valence-corrected chi connectivity index (χ2v) is 9.60. The molecule has 0 atom stereocenters. The van der Waals surface area contributed by atoms with E-state index in [1.807, 2.05) is 60.8 Å². The zero-order valence-corrected chi connectivity index (χ0v) is 16.7. The molecule has 0 amide bonds. The molecule has 0 unspecified atom stereocenters. The normalized spacial score (nSPS) is 12.8. The van der Waals surface area contributed by atoms with Crippen LogP contribution in [0.25, 0.3) is 30.6 Å². The van der Waals surface area contributed by atoms with Gasteiger partial charge in [0, 0.05) is 0 Å². The summed E-state index contributed by atoms with van der Waals surface area (Å²) in [4.78, 5) is 4.58. The van der Waals surface area contributed by atoms with Crippen molar-refractivity contribution in [3.63, 3.8) is 0 Å². The van der Waals surface area contributed by atoms with Crippen LogP contribution < -0.4 is 0 Å². The predicted molar refractivity (Wildman–Crippen MR) is 105 cm³/mol. The molecule has 0 aliphatic heterocycles. The fourth-order valence-corrected chi connectivity index (χ4v) is 5.94. The molecular weight excluding hydrogens is 414 g/mol. The van der Waals surface area contributed by atoms with Crippen molar-refractivity contribution in [2.45, 2.75) is 26.4 Å². The van der Waals surface area contributed by atoms with Crippen LogP contribution in [0.15, 0.2) is 60.8 Å². The van der Waals surface area contributed by atoms with Crippen LogP contribution in [0.5, 0.6) is 0 Å². The van der Waals surface area contributed by atoms with E-state index in [2.05, 4.69) is 4.98 Å². The maximum absolute atomic E-state index is 13.2. The molecule has 2 heterocycles. The van der Waals surface area contributed by atoms with Crippen LogP contribution in [0, 0.1) is 5.41 Å². The van der Waals surface area contributed by atoms with E-state index < -0.39 is 11.6 Å². The van der Waals surface area contributed by atoms with Gasteiger partial charge in [-0.15, -0.1) is 0 Å². The van der Waals surface area contributed by atoms with E-state index in [1.54, 1.807) is 0 Å². The van der Waals surface area contributed by atoms with Crippen LogP contribution in [-0.2, 0) is 6.42 Å². The van der Waals surface area contributed by atoms with Gasteiger partial charge in [0.05, 0.1) is 0 Å². The zero-order chi connectivity index (χ0) is 19.2. The van der Waals surface area contributed by atoms with E-state index in [4.69, 9.17) is 0 Å². The van der Waals surface area contributed by atoms with Gasteiger partial charge >= 0.3 is 161 Å². The van der Waals surface area contributed by atoms with Crippen LogP contribution in [0.3, 0.4) is 0 Å². The van der Waals surface area contributed by atoms with Crippen LogP contribution in [0.2, 0.25) is 0 Å². The number of nitrogens with zero attached hydrogens (tertiary/aromatic N) is 1.